The van der Waals surface area contributed by atoms with E-state index in [4.69, 9.17) is 4.74 Å². The number of aliphatic hydroxyl groups excluding tert-OH is 1. The van der Waals surface area contributed by atoms with Gasteiger partial charge in [-0.2, -0.15) is 4.99 Å². The van der Waals surface area contributed by atoms with Crippen molar-refractivity contribution in [2.24, 2.45) is 10.1 Å². The zero-order valence-corrected chi connectivity index (χ0v) is 17.2. The molecule has 1 fully saturated rings. The Labute approximate surface area is 168 Å². The Balaban J connectivity index is 1.33. The van der Waals surface area contributed by atoms with Crippen LogP contribution in [-0.2, 0) is 6.54 Å². The van der Waals surface area contributed by atoms with Gasteiger partial charge in [0.05, 0.1) is 6.61 Å². The summed E-state index contributed by atoms with van der Waals surface area (Å²) < 4.78 is 6.12. The second kappa shape index (κ2) is 10.1. The molecule has 0 bridgehead atoms. The highest BCUT2D eigenvalue weighted by Gasteiger charge is 2.28. The smallest absolute Gasteiger partial charge is 0.238 e. The van der Waals surface area contributed by atoms with Gasteiger partial charge in [0, 0.05) is 13.1 Å². The summed E-state index contributed by atoms with van der Waals surface area (Å²) in [6, 6.07) is 8.49. The maximum Gasteiger partial charge on any atom is 0.238 e. The molecule has 28 heavy (non-hydrogen) atoms. The number of hydrogen-bond donors (Lipinski definition) is 2. The number of quaternary nitrogens is 1. The minimum atomic E-state index is -0.642. The highest BCUT2D eigenvalue weighted by molar-refractivity contribution is 5.92. The Morgan fingerprint density at radius 2 is 2.07 bits per heavy atom. The summed E-state index contributed by atoms with van der Waals surface area (Å²) in [4.78, 5) is 6.68. The number of nitrogens with one attached hydrogen (secondary N) is 1. The van der Waals surface area contributed by atoms with Crippen molar-refractivity contribution < 1.29 is 14.5 Å². The van der Waals surface area contributed by atoms with Crippen molar-refractivity contribution in [1.29, 1.82) is 0 Å². The minimum absolute atomic E-state index is 0.180. The molecule has 2 aliphatic rings. The molecule has 2 atom stereocenters. The van der Waals surface area contributed by atoms with Crippen LogP contribution in [0, 0.1) is 0 Å². The van der Waals surface area contributed by atoms with E-state index in [1.807, 2.05) is 13.1 Å². The first-order valence-electron chi connectivity index (χ1n) is 10.4. The van der Waals surface area contributed by atoms with Gasteiger partial charge in [-0.1, -0.05) is 23.3 Å². The van der Waals surface area contributed by atoms with Crippen LogP contribution in [0.4, 0.5) is 0 Å². The lowest BCUT2D eigenvalue weighted by atomic mass is 10.1. The van der Waals surface area contributed by atoms with E-state index >= 15 is 0 Å². The molecule has 2 heterocycles. The topological polar surface area (TPSA) is 69.5 Å². The van der Waals surface area contributed by atoms with Gasteiger partial charge in [-0.25, -0.2) is 0 Å². The summed E-state index contributed by atoms with van der Waals surface area (Å²) in [5, 5.41) is 13.9. The first-order valence-corrected chi connectivity index (χ1v) is 10.4. The molecule has 1 aromatic carbocycles. The molecule has 3 rings (SSSR count). The standard InChI is InChI=1S/C21H34N5O2/c1-18(27)21-22-17-26(2,24-21)23-11-4-7-14-28-20-10-8-9-19(15-20)16-25-12-5-3-6-13-25/h8-10,15,17-18,23,27H,3-7,11-14,16H2,1-2H3/q+1. The number of aliphatic imine (C=N–C) groups is 1. The van der Waals surface area contributed by atoms with E-state index in [-0.39, 0.29) is 4.70 Å². The van der Waals surface area contributed by atoms with Gasteiger partial charge in [0.2, 0.25) is 12.2 Å². The lowest BCUT2D eigenvalue weighted by Crippen LogP contribution is -2.48. The minimum Gasteiger partial charge on any atom is -0.494 e. The molecule has 0 spiro atoms. The van der Waals surface area contributed by atoms with Crippen molar-refractivity contribution in [3.05, 3.63) is 29.8 Å². The number of likely N-dealkylation sites (tertiary alicyclic amines) is 1. The number of nitrogens with zero attached hydrogens (tertiary/aromatic N) is 4. The largest absolute Gasteiger partial charge is 0.494 e. The Hall–Kier alpha value is -1.80. The van der Waals surface area contributed by atoms with E-state index in [9.17, 15) is 5.11 Å². The lowest BCUT2D eigenvalue weighted by molar-refractivity contribution is -0.865. The van der Waals surface area contributed by atoms with Gasteiger partial charge in [0.15, 0.2) is 0 Å². The molecule has 2 unspecified atom stereocenters. The number of aliphatic hydroxyl groups is 1. The maximum absolute atomic E-state index is 9.54. The summed E-state index contributed by atoms with van der Waals surface area (Å²) in [6.07, 6.45) is 7.01. The summed E-state index contributed by atoms with van der Waals surface area (Å²) in [5.74, 6) is 1.42. The molecule has 1 saturated heterocycles. The van der Waals surface area contributed by atoms with E-state index in [1.54, 1.807) is 13.3 Å². The monoisotopic (exact) mass is 388 g/mol. The van der Waals surface area contributed by atoms with E-state index < -0.39 is 6.10 Å². The van der Waals surface area contributed by atoms with Crippen molar-refractivity contribution >= 4 is 12.2 Å². The van der Waals surface area contributed by atoms with Crippen LogP contribution in [0.25, 0.3) is 0 Å². The maximum atomic E-state index is 9.54. The Morgan fingerprint density at radius 3 is 2.82 bits per heavy atom. The molecule has 7 heteroatoms. The van der Waals surface area contributed by atoms with Crippen molar-refractivity contribution in [3.8, 4) is 5.75 Å². The average Bonchev–Trinajstić information content (AvgIpc) is 3.08. The SMILES string of the molecule is CC(O)C1=N[N+](C)(NCCCCOc2cccc(CN3CCCCC3)c2)C=N1. The fourth-order valence-electron chi connectivity index (χ4n) is 3.54. The number of benzene rings is 1. The van der Waals surface area contributed by atoms with Gasteiger partial charge < -0.3 is 9.84 Å². The van der Waals surface area contributed by atoms with Crippen molar-refractivity contribution in [1.82, 2.24) is 10.3 Å². The van der Waals surface area contributed by atoms with Crippen LogP contribution in [0.5, 0.6) is 5.75 Å². The number of amidine groups is 1. The molecule has 0 amide bonds. The van der Waals surface area contributed by atoms with Gasteiger partial charge in [-0.15, -0.1) is 5.43 Å². The van der Waals surface area contributed by atoms with Gasteiger partial charge in [-0.3, -0.25) is 4.90 Å². The normalized spacial score (nSPS) is 23.6. The van der Waals surface area contributed by atoms with Crippen LogP contribution in [0.3, 0.4) is 0 Å². The predicted octanol–water partition coefficient (Wildman–Crippen LogP) is 2.52. The fourth-order valence-corrected chi connectivity index (χ4v) is 3.54. The highest BCUT2D eigenvalue weighted by Crippen LogP contribution is 2.18. The van der Waals surface area contributed by atoms with Crippen molar-refractivity contribution in [3.63, 3.8) is 0 Å². The number of unbranched alkanes of at least 4 members (excludes halogenated alkanes) is 1. The lowest BCUT2D eigenvalue weighted by Gasteiger charge is -2.26. The van der Waals surface area contributed by atoms with Crippen LogP contribution in [-0.4, -0.2) is 66.3 Å². The zero-order chi connectivity index (χ0) is 19.8. The third kappa shape index (κ3) is 6.38. The Morgan fingerprint density at radius 1 is 1.25 bits per heavy atom. The zero-order valence-electron chi connectivity index (χ0n) is 17.2. The predicted molar refractivity (Wildman–Crippen MR) is 112 cm³/mol. The fraction of sp³-hybridized carbons (Fsp3) is 0.619. The highest BCUT2D eigenvalue weighted by atomic mass is 16.5. The van der Waals surface area contributed by atoms with E-state index in [0.29, 0.717) is 12.4 Å². The number of rotatable bonds is 10. The Bertz CT molecular complexity index is 685. The summed E-state index contributed by atoms with van der Waals surface area (Å²) in [5.41, 5.74) is 4.66. The van der Waals surface area contributed by atoms with Crippen molar-refractivity contribution in [2.75, 3.05) is 33.3 Å². The number of piperidine rings is 1. The quantitative estimate of drug-likeness (QED) is 0.477. The summed E-state index contributed by atoms with van der Waals surface area (Å²) >= 11 is 0. The third-order valence-electron chi connectivity index (χ3n) is 5.12. The van der Waals surface area contributed by atoms with Crippen molar-refractivity contribution in [2.45, 2.75) is 51.7 Å². The molecule has 1 aromatic rings. The number of hydrogen-bond acceptors (Lipinski definition) is 6. The second-order valence-electron chi connectivity index (χ2n) is 7.85. The molecule has 0 aromatic heterocycles. The van der Waals surface area contributed by atoms with Gasteiger partial charge >= 0.3 is 0 Å². The third-order valence-corrected chi connectivity index (χ3v) is 5.12. The molecular formula is C21H34N5O2+. The molecule has 7 nitrogen and oxygen atoms in total. The van der Waals surface area contributed by atoms with Gasteiger partial charge in [0.1, 0.15) is 18.9 Å². The molecular weight excluding hydrogens is 354 g/mol. The van der Waals surface area contributed by atoms with E-state index in [2.05, 4.69) is 38.6 Å². The molecule has 154 valence electrons. The van der Waals surface area contributed by atoms with Gasteiger partial charge in [-0.05, 0) is 68.5 Å². The first-order chi connectivity index (χ1) is 13.5. The van der Waals surface area contributed by atoms with Crippen LogP contribution >= 0.6 is 0 Å². The molecule has 0 saturated carbocycles. The first kappa shape index (κ1) is 20.9. The molecule has 0 aliphatic carbocycles. The van der Waals surface area contributed by atoms with E-state index in [1.165, 1.54) is 37.9 Å². The van der Waals surface area contributed by atoms with Gasteiger partial charge in [0.25, 0.3) is 0 Å². The van der Waals surface area contributed by atoms with Crippen LogP contribution in [0.1, 0.15) is 44.6 Å². The van der Waals surface area contributed by atoms with E-state index in [0.717, 1.165) is 31.7 Å². The van der Waals surface area contributed by atoms with Crippen LogP contribution in [0.2, 0.25) is 0 Å². The molecule has 2 aliphatic heterocycles. The van der Waals surface area contributed by atoms with Crippen LogP contribution in [0.15, 0.2) is 34.4 Å². The number of ether oxygens (including phenoxy) is 1. The molecule has 0 radical (unpaired) electrons. The summed E-state index contributed by atoms with van der Waals surface area (Å²) in [6.45, 7) is 6.62. The Kier molecular flexibility index (Phi) is 7.56. The second-order valence-corrected chi connectivity index (χ2v) is 7.85. The van der Waals surface area contributed by atoms with Crippen LogP contribution < -0.4 is 10.2 Å². The molecule has 2 N–H and O–H groups in total. The average molecular weight is 389 g/mol. The summed E-state index contributed by atoms with van der Waals surface area (Å²) in [7, 11) is 1.91.